The lowest BCUT2D eigenvalue weighted by molar-refractivity contribution is 0.472. The molecule has 0 saturated heterocycles. The van der Waals surface area contributed by atoms with Crippen molar-refractivity contribution in [2.24, 2.45) is 0 Å². The summed E-state index contributed by atoms with van der Waals surface area (Å²) in [4.78, 5) is 0. The second kappa shape index (κ2) is 11.6. The molecule has 0 N–H and O–H groups in total. The topological polar surface area (TPSA) is 9.23 Å². The summed E-state index contributed by atoms with van der Waals surface area (Å²) in [5, 5.41) is 3.37. The van der Waals surface area contributed by atoms with Crippen LogP contribution in [0.1, 0.15) is 22.3 Å². The fourth-order valence-corrected chi connectivity index (χ4v) is 4.94. The van der Waals surface area contributed by atoms with Crippen molar-refractivity contribution in [2.45, 2.75) is 12.8 Å². The summed E-state index contributed by atoms with van der Waals surface area (Å²) < 4.78 is 6.36. The van der Waals surface area contributed by atoms with Crippen LogP contribution in [0.5, 0.6) is 11.5 Å². The van der Waals surface area contributed by atoms with E-state index < -0.39 is 0 Å². The van der Waals surface area contributed by atoms with Crippen molar-refractivity contribution in [1.82, 2.24) is 0 Å². The number of halogens is 8. The first-order valence-electron chi connectivity index (χ1n) is 10.1. The van der Waals surface area contributed by atoms with Gasteiger partial charge >= 0.3 is 0 Å². The van der Waals surface area contributed by atoms with Gasteiger partial charge in [-0.15, -0.1) is 0 Å². The third-order valence-corrected chi connectivity index (χ3v) is 8.42. The molecule has 0 heterocycles. The second-order valence-corrected chi connectivity index (χ2v) is 10.8. The van der Waals surface area contributed by atoms with Crippen LogP contribution in [0.25, 0.3) is 0 Å². The molecule has 0 aliphatic carbocycles. The van der Waals surface area contributed by atoms with E-state index in [0.717, 1.165) is 11.1 Å². The highest BCUT2D eigenvalue weighted by Gasteiger charge is 2.18. The van der Waals surface area contributed by atoms with E-state index in [1.807, 2.05) is 12.1 Å². The predicted octanol–water partition coefficient (Wildman–Crippen LogP) is 11.9. The monoisotopic (exact) mass is 622 g/mol. The third kappa shape index (κ3) is 6.29. The summed E-state index contributed by atoms with van der Waals surface area (Å²) in [6, 6.07) is 17.6. The molecule has 0 amide bonds. The van der Waals surface area contributed by atoms with Gasteiger partial charge < -0.3 is 4.74 Å². The summed E-state index contributed by atoms with van der Waals surface area (Å²) in [7, 11) is 0. The van der Waals surface area contributed by atoms with E-state index in [9.17, 15) is 0 Å². The number of hydrogen-bond acceptors (Lipinski definition) is 1. The van der Waals surface area contributed by atoms with E-state index >= 15 is 0 Å². The third-order valence-electron chi connectivity index (χ3n) is 5.26. The van der Waals surface area contributed by atoms with Crippen molar-refractivity contribution >= 4 is 92.8 Å². The predicted molar refractivity (Wildman–Crippen MR) is 152 cm³/mol. The van der Waals surface area contributed by atoms with Crippen LogP contribution in [-0.2, 0) is 12.8 Å². The van der Waals surface area contributed by atoms with E-state index in [1.165, 1.54) is 0 Å². The lowest BCUT2D eigenvalue weighted by Crippen LogP contribution is -2.00. The maximum atomic E-state index is 6.60. The molecular formula is C26H14Cl8O. The minimum Gasteiger partial charge on any atom is -0.457 e. The summed E-state index contributed by atoms with van der Waals surface area (Å²) in [6.45, 7) is 0. The molecule has 4 aromatic rings. The van der Waals surface area contributed by atoms with Crippen LogP contribution in [-0.4, -0.2) is 0 Å². The van der Waals surface area contributed by atoms with E-state index in [1.54, 1.807) is 48.5 Å². The molecule has 35 heavy (non-hydrogen) atoms. The fraction of sp³-hybridized carbons (Fsp3) is 0.0769. The Kier molecular flexibility index (Phi) is 8.95. The molecule has 0 fully saturated rings. The number of rotatable bonds is 6. The fourth-order valence-electron chi connectivity index (χ4n) is 3.50. The largest absolute Gasteiger partial charge is 0.457 e. The molecule has 0 unspecified atom stereocenters. The molecule has 0 aromatic heterocycles. The van der Waals surface area contributed by atoms with Gasteiger partial charge in [-0.25, -0.2) is 0 Å². The minimum absolute atomic E-state index is 0.376. The standard InChI is InChI=1S/C26H14Cl8O/c27-17-3-1-13(11-21(17)31)9-15-23(7-5-19(29)25(15)33)35-24-8-6-20(30)26(34)16(24)10-14-2-4-18(28)22(32)12-14/h1-8,11-12H,9-10H2. The molecule has 9 heteroatoms. The number of ether oxygens (including phenoxy) is 1. The Morgan fingerprint density at radius 2 is 0.800 bits per heavy atom. The van der Waals surface area contributed by atoms with E-state index in [2.05, 4.69) is 0 Å². The van der Waals surface area contributed by atoms with Gasteiger partial charge in [0.1, 0.15) is 11.5 Å². The maximum absolute atomic E-state index is 6.60. The molecule has 0 radical (unpaired) electrons. The van der Waals surface area contributed by atoms with Gasteiger partial charge in [0.15, 0.2) is 0 Å². The Balaban J connectivity index is 1.74. The van der Waals surface area contributed by atoms with Crippen molar-refractivity contribution in [3.05, 3.63) is 123 Å². The molecule has 0 spiro atoms. The summed E-state index contributed by atoms with van der Waals surface area (Å²) in [6.07, 6.45) is 0.824. The van der Waals surface area contributed by atoms with Crippen molar-refractivity contribution in [3.8, 4) is 11.5 Å². The molecule has 1 nitrogen and oxygen atoms in total. The Morgan fingerprint density at radius 3 is 1.17 bits per heavy atom. The number of benzene rings is 4. The van der Waals surface area contributed by atoms with Gasteiger partial charge in [-0.05, 0) is 59.7 Å². The van der Waals surface area contributed by atoms with Crippen molar-refractivity contribution in [1.29, 1.82) is 0 Å². The summed E-state index contributed by atoms with van der Waals surface area (Å²) in [5.41, 5.74) is 3.14. The molecule has 0 bridgehead atoms. The molecule has 0 atom stereocenters. The molecular weight excluding hydrogens is 612 g/mol. The zero-order valence-electron chi connectivity index (χ0n) is 17.6. The van der Waals surface area contributed by atoms with Crippen LogP contribution < -0.4 is 4.74 Å². The van der Waals surface area contributed by atoms with Gasteiger partial charge in [-0.3, -0.25) is 0 Å². The molecule has 4 rings (SSSR count). The van der Waals surface area contributed by atoms with Crippen LogP contribution in [0.2, 0.25) is 40.2 Å². The smallest absolute Gasteiger partial charge is 0.132 e. The average Bonchev–Trinajstić information content (AvgIpc) is 2.82. The van der Waals surface area contributed by atoms with Crippen LogP contribution in [0.4, 0.5) is 0 Å². The maximum Gasteiger partial charge on any atom is 0.132 e. The Hall–Kier alpha value is -1.000. The zero-order valence-corrected chi connectivity index (χ0v) is 23.7. The normalized spacial score (nSPS) is 11.1. The molecule has 4 aromatic carbocycles. The summed E-state index contributed by atoms with van der Waals surface area (Å²) >= 11 is 50.4. The van der Waals surface area contributed by atoms with E-state index in [-0.39, 0.29) is 0 Å². The Bertz CT molecular complexity index is 1310. The van der Waals surface area contributed by atoms with Gasteiger partial charge in [0.25, 0.3) is 0 Å². The molecule has 0 aliphatic rings. The highest BCUT2D eigenvalue weighted by molar-refractivity contribution is 6.44. The molecule has 180 valence electrons. The summed E-state index contributed by atoms with van der Waals surface area (Å²) in [5.74, 6) is 1.03. The number of hydrogen-bond donors (Lipinski definition) is 0. The van der Waals surface area contributed by atoms with E-state index in [4.69, 9.17) is 97.5 Å². The quantitative estimate of drug-likeness (QED) is 0.207. The first kappa shape index (κ1) is 27.0. The first-order valence-corrected chi connectivity index (χ1v) is 13.2. The lowest BCUT2D eigenvalue weighted by atomic mass is 10.0. The van der Waals surface area contributed by atoms with Gasteiger partial charge in [-0.2, -0.15) is 0 Å². The van der Waals surface area contributed by atoms with Crippen LogP contribution in [0, 0.1) is 0 Å². The van der Waals surface area contributed by atoms with Crippen molar-refractivity contribution < 1.29 is 4.74 Å². The van der Waals surface area contributed by atoms with Crippen LogP contribution in [0.3, 0.4) is 0 Å². The van der Waals surface area contributed by atoms with Crippen molar-refractivity contribution in [3.63, 3.8) is 0 Å². The molecule has 0 aliphatic heterocycles. The zero-order chi connectivity index (χ0) is 25.3. The van der Waals surface area contributed by atoms with Gasteiger partial charge in [0, 0.05) is 24.0 Å². The highest BCUT2D eigenvalue weighted by atomic mass is 35.5. The van der Waals surface area contributed by atoms with Crippen LogP contribution >= 0.6 is 92.8 Å². The lowest BCUT2D eigenvalue weighted by Gasteiger charge is -2.18. The average molecular weight is 626 g/mol. The highest BCUT2D eigenvalue weighted by Crippen LogP contribution is 2.41. The second-order valence-electron chi connectivity index (χ2n) is 7.63. The Labute approximate surface area is 243 Å². The van der Waals surface area contributed by atoms with Gasteiger partial charge in [-0.1, -0.05) is 105 Å². The molecule has 0 saturated carbocycles. The SMILES string of the molecule is Clc1ccc(Cc2c(Oc3ccc(Cl)c(Cl)c3Cc3ccc(Cl)c(Cl)c3)ccc(Cl)c2Cl)cc1Cl. The van der Waals surface area contributed by atoms with Crippen molar-refractivity contribution in [2.75, 3.05) is 0 Å². The van der Waals surface area contributed by atoms with Gasteiger partial charge in [0.05, 0.1) is 40.2 Å². The Morgan fingerprint density at radius 1 is 0.429 bits per heavy atom. The minimum atomic E-state index is 0.376. The van der Waals surface area contributed by atoms with Gasteiger partial charge in [0.2, 0.25) is 0 Å². The van der Waals surface area contributed by atoms with E-state index in [0.29, 0.717) is 75.6 Å². The van der Waals surface area contributed by atoms with Crippen LogP contribution in [0.15, 0.2) is 60.7 Å². The first-order chi connectivity index (χ1) is 16.6.